The second kappa shape index (κ2) is 3.78. The first kappa shape index (κ1) is 8.55. The van der Waals surface area contributed by atoms with E-state index in [1.807, 2.05) is 0 Å². The predicted molar refractivity (Wildman–Crippen MR) is 52.2 cm³/mol. The second-order valence-corrected chi connectivity index (χ2v) is 4.66. The second-order valence-electron chi connectivity index (χ2n) is 4.66. The van der Waals surface area contributed by atoms with Crippen molar-refractivity contribution in [1.29, 1.82) is 0 Å². The van der Waals surface area contributed by atoms with Crippen LogP contribution in [0.25, 0.3) is 0 Å². The Morgan fingerprint density at radius 1 is 0.917 bits per heavy atom. The highest BCUT2D eigenvalue weighted by atomic mass is 15.0. The van der Waals surface area contributed by atoms with E-state index in [-0.39, 0.29) is 0 Å². The van der Waals surface area contributed by atoms with Gasteiger partial charge in [0.1, 0.15) is 0 Å². The summed E-state index contributed by atoms with van der Waals surface area (Å²) in [5.74, 6) is 0.936. The summed E-state index contributed by atoms with van der Waals surface area (Å²) in [5, 5.41) is 3.83. The molecule has 2 aliphatic carbocycles. The monoisotopic (exact) mass is 167 g/mol. The van der Waals surface area contributed by atoms with Crippen molar-refractivity contribution in [2.75, 3.05) is 0 Å². The first-order valence-electron chi connectivity index (χ1n) is 5.62. The van der Waals surface area contributed by atoms with Crippen molar-refractivity contribution < 1.29 is 0 Å². The zero-order valence-corrected chi connectivity index (χ0v) is 8.18. The van der Waals surface area contributed by atoms with Crippen LogP contribution in [0.2, 0.25) is 0 Å². The molecule has 0 saturated heterocycles. The van der Waals surface area contributed by atoms with Gasteiger partial charge in [0.15, 0.2) is 0 Å². The molecule has 2 saturated carbocycles. The Hall–Kier alpha value is -0.0400. The summed E-state index contributed by atoms with van der Waals surface area (Å²) in [6.07, 6.45) is 10.1. The van der Waals surface area contributed by atoms with Gasteiger partial charge in [-0.3, -0.25) is 0 Å². The van der Waals surface area contributed by atoms with Crippen LogP contribution in [-0.2, 0) is 0 Å². The Morgan fingerprint density at radius 2 is 1.67 bits per heavy atom. The first-order valence-corrected chi connectivity index (χ1v) is 5.62. The predicted octanol–water partition coefficient (Wildman–Crippen LogP) is 2.71. The Balaban J connectivity index is 1.77. The quantitative estimate of drug-likeness (QED) is 0.667. The van der Waals surface area contributed by atoms with E-state index in [9.17, 15) is 0 Å². The molecule has 70 valence electrons. The number of nitrogens with one attached hydrogen (secondary N) is 1. The van der Waals surface area contributed by atoms with Gasteiger partial charge >= 0.3 is 0 Å². The van der Waals surface area contributed by atoms with Gasteiger partial charge in [0.2, 0.25) is 0 Å². The molecule has 0 amide bonds. The van der Waals surface area contributed by atoms with E-state index in [1.54, 1.807) is 0 Å². The molecule has 0 unspecified atom stereocenters. The SMILES string of the molecule is C[C@H]1CCC[C@@H]1NC1CCCC1. The molecule has 0 spiro atoms. The lowest BCUT2D eigenvalue weighted by atomic mass is 10.1. The lowest BCUT2D eigenvalue weighted by molar-refractivity contribution is 0.373. The van der Waals surface area contributed by atoms with Crippen molar-refractivity contribution in [2.45, 2.75) is 64.0 Å². The average Bonchev–Trinajstić information content (AvgIpc) is 2.65. The van der Waals surface area contributed by atoms with Crippen molar-refractivity contribution in [1.82, 2.24) is 5.32 Å². The van der Waals surface area contributed by atoms with Crippen LogP contribution in [0.4, 0.5) is 0 Å². The summed E-state index contributed by atoms with van der Waals surface area (Å²) >= 11 is 0. The molecule has 0 aromatic heterocycles. The van der Waals surface area contributed by atoms with Crippen LogP contribution < -0.4 is 5.32 Å². The maximum Gasteiger partial charge on any atom is 0.00952 e. The summed E-state index contributed by atoms with van der Waals surface area (Å²) in [4.78, 5) is 0. The van der Waals surface area contributed by atoms with Crippen molar-refractivity contribution in [3.63, 3.8) is 0 Å². The van der Waals surface area contributed by atoms with Crippen LogP contribution in [0.1, 0.15) is 51.9 Å². The molecule has 0 aromatic rings. The molecule has 0 bridgehead atoms. The van der Waals surface area contributed by atoms with Gasteiger partial charge in [0, 0.05) is 12.1 Å². The Labute approximate surface area is 75.9 Å². The van der Waals surface area contributed by atoms with E-state index < -0.39 is 0 Å². The summed E-state index contributed by atoms with van der Waals surface area (Å²) < 4.78 is 0. The summed E-state index contributed by atoms with van der Waals surface area (Å²) in [5.41, 5.74) is 0. The molecule has 0 aromatic carbocycles. The van der Waals surface area contributed by atoms with Crippen LogP contribution in [-0.4, -0.2) is 12.1 Å². The normalized spacial score (nSPS) is 37.8. The molecule has 12 heavy (non-hydrogen) atoms. The topological polar surface area (TPSA) is 12.0 Å². The number of rotatable bonds is 2. The largest absolute Gasteiger partial charge is 0.311 e. The number of hydrogen-bond acceptors (Lipinski definition) is 1. The molecular weight excluding hydrogens is 146 g/mol. The van der Waals surface area contributed by atoms with Gasteiger partial charge in [0.25, 0.3) is 0 Å². The standard InChI is InChI=1S/C11H21N/c1-9-5-4-8-11(9)12-10-6-2-3-7-10/h9-12H,2-8H2,1H3/t9-,11-/m0/s1. The fraction of sp³-hybridized carbons (Fsp3) is 1.00. The third-order valence-corrected chi connectivity index (χ3v) is 3.67. The van der Waals surface area contributed by atoms with E-state index in [0.29, 0.717) is 0 Å². The smallest absolute Gasteiger partial charge is 0.00952 e. The van der Waals surface area contributed by atoms with Gasteiger partial charge in [-0.2, -0.15) is 0 Å². The third-order valence-electron chi connectivity index (χ3n) is 3.67. The molecule has 2 fully saturated rings. The zero-order valence-electron chi connectivity index (χ0n) is 8.18. The molecule has 1 nitrogen and oxygen atoms in total. The zero-order chi connectivity index (χ0) is 8.39. The van der Waals surface area contributed by atoms with Gasteiger partial charge in [-0.1, -0.05) is 26.2 Å². The average molecular weight is 167 g/mol. The lowest BCUT2D eigenvalue weighted by Crippen LogP contribution is -2.38. The molecule has 1 N–H and O–H groups in total. The molecular formula is C11H21N. The minimum absolute atomic E-state index is 0.855. The lowest BCUT2D eigenvalue weighted by Gasteiger charge is -2.22. The number of hydrogen-bond donors (Lipinski definition) is 1. The molecule has 2 aliphatic rings. The Kier molecular flexibility index (Phi) is 2.69. The first-order chi connectivity index (χ1) is 5.86. The Morgan fingerprint density at radius 3 is 2.25 bits per heavy atom. The van der Waals surface area contributed by atoms with Crippen LogP contribution >= 0.6 is 0 Å². The van der Waals surface area contributed by atoms with Crippen molar-refractivity contribution in [3.05, 3.63) is 0 Å². The molecule has 0 heterocycles. The van der Waals surface area contributed by atoms with Gasteiger partial charge < -0.3 is 5.32 Å². The van der Waals surface area contributed by atoms with Crippen LogP contribution in [0.15, 0.2) is 0 Å². The van der Waals surface area contributed by atoms with Crippen LogP contribution in [0, 0.1) is 5.92 Å². The highest BCUT2D eigenvalue weighted by molar-refractivity contribution is 4.85. The van der Waals surface area contributed by atoms with E-state index in [0.717, 1.165) is 18.0 Å². The third kappa shape index (κ3) is 1.82. The minimum Gasteiger partial charge on any atom is -0.311 e. The fourth-order valence-corrected chi connectivity index (χ4v) is 2.79. The van der Waals surface area contributed by atoms with Gasteiger partial charge in [0.05, 0.1) is 0 Å². The van der Waals surface area contributed by atoms with Crippen molar-refractivity contribution >= 4 is 0 Å². The summed E-state index contributed by atoms with van der Waals surface area (Å²) in [7, 11) is 0. The van der Waals surface area contributed by atoms with Crippen molar-refractivity contribution in [3.8, 4) is 0 Å². The summed E-state index contributed by atoms with van der Waals surface area (Å²) in [6.45, 7) is 2.40. The summed E-state index contributed by atoms with van der Waals surface area (Å²) in [6, 6.07) is 1.73. The van der Waals surface area contributed by atoms with E-state index in [2.05, 4.69) is 12.2 Å². The highest BCUT2D eigenvalue weighted by Crippen LogP contribution is 2.27. The van der Waals surface area contributed by atoms with Crippen molar-refractivity contribution in [2.24, 2.45) is 5.92 Å². The van der Waals surface area contributed by atoms with E-state index in [1.165, 1.54) is 44.9 Å². The van der Waals surface area contributed by atoms with E-state index in [4.69, 9.17) is 0 Å². The molecule has 1 heteroatoms. The Bertz CT molecular complexity index is 138. The fourth-order valence-electron chi connectivity index (χ4n) is 2.79. The van der Waals surface area contributed by atoms with Crippen LogP contribution in [0.3, 0.4) is 0 Å². The maximum absolute atomic E-state index is 3.83. The van der Waals surface area contributed by atoms with Gasteiger partial charge in [-0.15, -0.1) is 0 Å². The molecule has 2 rings (SSSR count). The van der Waals surface area contributed by atoms with E-state index >= 15 is 0 Å². The molecule has 0 radical (unpaired) electrons. The molecule has 0 aliphatic heterocycles. The van der Waals surface area contributed by atoms with Gasteiger partial charge in [-0.05, 0) is 31.6 Å². The van der Waals surface area contributed by atoms with Crippen LogP contribution in [0.5, 0.6) is 0 Å². The minimum atomic E-state index is 0.855. The molecule has 2 atom stereocenters. The van der Waals surface area contributed by atoms with Gasteiger partial charge in [-0.25, -0.2) is 0 Å². The maximum atomic E-state index is 3.83. The highest BCUT2D eigenvalue weighted by Gasteiger charge is 2.26.